The predicted octanol–water partition coefficient (Wildman–Crippen LogP) is 8.37. The van der Waals surface area contributed by atoms with E-state index in [-0.39, 0.29) is 0 Å². The monoisotopic (exact) mass is 420 g/mol. The van der Waals surface area contributed by atoms with E-state index >= 15 is 0 Å². The topological polar surface area (TPSA) is 33.3 Å². The van der Waals surface area contributed by atoms with Crippen LogP contribution in [0.15, 0.2) is 95.4 Å². The van der Waals surface area contributed by atoms with Gasteiger partial charge in [0.2, 0.25) is 0 Å². The maximum atomic E-state index is 6.40. The molecule has 4 aromatic heterocycles. The van der Waals surface area contributed by atoms with E-state index in [1.54, 1.807) is 0 Å². The molecule has 0 bridgehead atoms. The summed E-state index contributed by atoms with van der Waals surface area (Å²) < 4.78 is 8.89. The van der Waals surface area contributed by atoms with Crippen LogP contribution in [0, 0.1) is 0 Å². The number of aromatic nitrogens is 2. The average Bonchev–Trinajstić information content (AvgIpc) is 3.49. The summed E-state index contributed by atoms with van der Waals surface area (Å²) in [5.74, 6) is 0. The summed E-state index contributed by atoms with van der Waals surface area (Å²) in [6.45, 7) is 0. The Morgan fingerprint density at radius 3 is 2.18 bits per heavy atom. The van der Waals surface area contributed by atoms with Gasteiger partial charge in [-0.05, 0) is 23.6 Å². The highest BCUT2D eigenvalue weighted by Gasteiger charge is 2.22. The van der Waals surface area contributed by atoms with Crippen LogP contribution in [-0.4, -0.2) is 9.38 Å². The summed E-state index contributed by atoms with van der Waals surface area (Å²) >= 11 is 0. The summed E-state index contributed by atoms with van der Waals surface area (Å²) in [5, 5.41) is 9.99. The lowest BCUT2D eigenvalue weighted by Crippen LogP contribution is -1.86. The number of H-pyrrole nitrogens is 1. The molecule has 0 spiro atoms. The summed E-state index contributed by atoms with van der Waals surface area (Å²) in [6.07, 6.45) is 0. The van der Waals surface area contributed by atoms with Crippen molar-refractivity contribution in [2.24, 2.45) is 0 Å². The summed E-state index contributed by atoms with van der Waals surface area (Å²) in [6, 6.07) is 32.6. The number of furan rings is 1. The summed E-state index contributed by atoms with van der Waals surface area (Å²) in [4.78, 5) is 3.69. The van der Waals surface area contributed by atoms with Crippen LogP contribution in [0.3, 0.4) is 0 Å². The third-order valence-corrected chi connectivity index (χ3v) is 7.43. The lowest BCUT2D eigenvalue weighted by molar-refractivity contribution is 0.669. The molecule has 0 saturated heterocycles. The molecule has 5 aromatic carbocycles. The van der Waals surface area contributed by atoms with E-state index in [4.69, 9.17) is 4.42 Å². The molecule has 3 heteroatoms. The molecule has 4 heterocycles. The fourth-order valence-electron chi connectivity index (χ4n) is 6.20. The van der Waals surface area contributed by atoms with Crippen molar-refractivity contribution >= 4 is 81.8 Å². The zero-order valence-corrected chi connectivity index (χ0v) is 17.5. The number of nitrogens with one attached hydrogen (secondary N) is 1. The van der Waals surface area contributed by atoms with Crippen LogP contribution in [0.5, 0.6) is 0 Å². The van der Waals surface area contributed by atoms with E-state index < -0.39 is 0 Å². The predicted molar refractivity (Wildman–Crippen MR) is 138 cm³/mol. The van der Waals surface area contributed by atoms with Gasteiger partial charge in [0.1, 0.15) is 11.2 Å². The number of hydrogen-bond donors (Lipinski definition) is 1. The number of para-hydroxylation sites is 3. The molecule has 0 unspecified atom stereocenters. The standard InChI is InChI=1S/C30H16N2O/c1-3-13-23-16(7-1)18-10-5-11-19-17-9-6-12-21-26(17)28-22(31-21)15-25-27(30(28)32(23)29(18)19)20-8-2-4-14-24(20)33-25/h1-15,31H. The molecular weight excluding hydrogens is 404 g/mol. The molecule has 3 nitrogen and oxygen atoms in total. The fraction of sp³-hybridized carbons (Fsp3) is 0. The molecule has 152 valence electrons. The lowest BCUT2D eigenvalue weighted by atomic mass is 10.0. The van der Waals surface area contributed by atoms with Gasteiger partial charge < -0.3 is 13.8 Å². The van der Waals surface area contributed by atoms with Gasteiger partial charge >= 0.3 is 0 Å². The minimum atomic E-state index is 0.914. The van der Waals surface area contributed by atoms with Crippen LogP contribution in [-0.2, 0) is 0 Å². The van der Waals surface area contributed by atoms with Crippen molar-refractivity contribution in [2.75, 3.05) is 0 Å². The Kier molecular flexibility index (Phi) is 2.59. The van der Waals surface area contributed by atoms with Crippen molar-refractivity contribution in [3.05, 3.63) is 91.0 Å². The Hall–Kier alpha value is -4.50. The maximum Gasteiger partial charge on any atom is 0.139 e. The Morgan fingerprint density at radius 1 is 0.515 bits per heavy atom. The Labute approximate surface area is 186 Å². The van der Waals surface area contributed by atoms with E-state index in [0.29, 0.717) is 0 Å². The number of rotatable bonds is 0. The van der Waals surface area contributed by atoms with Crippen molar-refractivity contribution in [3.63, 3.8) is 0 Å². The molecule has 0 aliphatic heterocycles. The third-order valence-electron chi connectivity index (χ3n) is 7.43. The van der Waals surface area contributed by atoms with Crippen LogP contribution in [0.2, 0.25) is 0 Å². The highest BCUT2D eigenvalue weighted by Crippen LogP contribution is 2.46. The molecule has 0 amide bonds. The highest BCUT2D eigenvalue weighted by atomic mass is 16.3. The van der Waals surface area contributed by atoms with Crippen molar-refractivity contribution in [1.82, 2.24) is 9.38 Å². The third kappa shape index (κ3) is 1.74. The number of fused-ring (bicyclic) bond motifs is 9. The van der Waals surface area contributed by atoms with E-state index in [9.17, 15) is 0 Å². The highest BCUT2D eigenvalue weighted by molar-refractivity contribution is 6.35. The zero-order valence-electron chi connectivity index (χ0n) is 17.5. The van der Waals surface area contributed by atoms with E-state index in [1.807, 2.05) is 6.07 Å². The molecule has 0 fully saturated rings. The maximum absolute atomic E-state index is 6.40. The minimum Gasteiger partial charge on any atom is -0.456 e. The van der Waals surface area contributed by atoms with Gasteiger partial charge in [-0.25, -0.2) is 0 Å². The summed E-state index contributed by atoms with van der Waals surface area (Å²) in [7, 11) is 0. The molecule has 9 aromatic rings. The van der Waals surface area contributed by atoms with Gasteiger partial charge in [-0.3, -0.25) is 0 Å². The van der Waals surface area contributed by atoms with Crippen molar-refractivity contribution < 1.29 is 4.42 Å². The van der Waals surface area contributed by atoms with E-state index in [2.05, 4.69) is 94.3 Å². The number of aromatic amines is 1. The van der Waals surface area contributed by atoms with Crippen LogP contribution in [0.1, 0.15) is 0 Å². The van der Waals surface area contributed by atoms with Gasteiger partial charge in [0.25, 0.3) is 0 Å². The van der Waals surface area contributed by atoms with Gasteiger partial charge in [-0.2, -0.15) is 0 Å². The van der Waals surface area contributed by atoms with Crippen LogP contribution in [0.4, 0.5) is 0 Å². The largest absolute Gasteiger partial charge is 0.456 e. The van der Waals surface area contributed by atoms with Gasteiger partial charge in [0.15, 0.2) is 0 Å². The first kappa shape index (κ1) is 16.2. The first-order valence-electron chi connectivity index (χ1n) is 11.3. The second kappa shape index (κ2) is 5.28. The van der Waals surface area contributed by atoms with Crippen LogP contribution >= 0.6 is 0 Å². The lowest BCUT2D eigenvalue weighted by Gasteiger charge is -2.04. The second-order valence-corrected chi connectivity index (χ2v) is 9.03. The van der Waals surface area contributed by atoms with Crippen molar-refractivity contribution in [1.29, 1.82) is 0 Å². The number of nitrogens with zero attached hydrogens (tertiary/aromatic N) is 1. The van der Waals surface area contributed by atoms with Crippen LogP contribution in [0.25, 0.3) is 81.8 Å². The molecule has 0 atom stereocenters. The SMILES string of the molecule is c1ccc2c(c1)oc1cc3[nH]c4cccc5c6cccc7c8ccccc8n(c67)c(c12)c3c45. The summed E-state index contributed by atoms with van der Waals surface area (Å²) in [5.41, 5.74) is 7.80. The fourth-order valence-corrected chi connectivity index (χ4v) is 6.20. The van der Waals surface area contributed by atoms with E-state index in [0.717, 1.165) is 27.6 Å². The molecule has 1 N–H and O–H groups in total. The number of hydrogen-bond acceptors (Lipinski definition) is 1. The first-order valence-corrected chi connectivity index (χ1v) is 11.3. The molecule has 0 saturated carbocycles. The van der Waals surface area contributed by atoms with Gasteiger partial charge in [0.05, 0.1) is 27.5 Å². The van der Waals surface area contributed by atoms with Crippen LogP contribution < -0.4 is 0 Å². The Bertz CT molecular complexity index is 2240. The Balaban J connectivity index is 1.84. The molecular formula is C30H16N2O. The Morgan fingerprint density at radius 2 is 1.24 bits per heavy atom. The minimum absolute atomic E-state index is 0.914. The van der Waals surface area contributed by atoms with Gasteiger partial charge in [-0.1, -0.05) is 66.7 Å². The molecule has 9 rings (SSSR count). The molecule has 0 radical (unpaired) electrons. The average molecular weight is 420 g/mol. The molecule has 33 heavy (non-hydrogen) atoms. The quantitative estimate of drug-likeness (QED) is 0.263. The van der Waals surface area contributed by atoms with Crippen molar-refractivity contribution in [3.8, 4) is 0 Å². The molecule has 0 aliphatic rings. The van der Waals surface area contributed by atoms with E-state index in [1.165, 1.54) is 54.3 Å². The van der Waals surface area contributed by atoms with Gasteiger partial charge in [-0.15, -0.1) is 0 Å². The molecule has 0 aliphatic carbocycles. The first-order chi connectivity index (χ1) is 16.4. The number of benzene rings is 5. The second-order valence-electron chi connectivity index (χ2n) is 9.03. The zero-order chi connectivity index (χ0) is 21.3. The normalized spacial score (nSPS) is 12.8. The van der Waals surface area contributed by atoms with Gasteiger partial charge in [0, 0.05) is 43.9 Å². The van der Waals surface area contributed by atoms with Crippen molar-refractivity contribution in [2.45, 2.75) is 0 Å². The smallest absolute Gasteiger partial charge is 0.139 e.